The van der Waals surface area contributed by atoms with Gasteiger partial charge in [0, 0.05) is 5.41 Å². The second-order valence-corrected chi connectivity index (χ2v) is 5.01. The molecule has 0 amide bonds. The maximum Gasteiger partial charge on any atom is 0.304 e. The van der Waals surface area contributed by atoms with Crippen molar-refractivity contribution in [1.82, 2.24) is 9.97 Å². The van der Waals surface area contributed by atoms with Crippen LogP contribution in [0.25, 0.3) is 11.5 Å². The molecule has 0 saturated carbocycles. The molecule has 0 radical (unpaired) electrons. The van der Waals surface area contributed by atoms with E-state index in [1.165, 1.54) is 0 Å². The highest BCUT2D eigenvalue weighted by Gasteiger charge is 2.27. The van der Waals surface area contributed by atoms with Crippen molar-refractivity contribution >= 4 is 5.97 Å². The van der Waals surface area contributed by atoms with E-state index in [2.05, 4.69) is 9.97 Å². The van der Waals surface area contributed by atoms with Gasteiger partial charge in [-0.2, -0.15) is 0 Å². The molecule has 18 heavy (non-hydrogen) atoms. The van der Waals surface area contributed by atoms with E-state index in [-0.39, 0.29) is 6.42 Å². The molecule has 2 heterocycles. The molecule has 0 aromatic carbocycles. The molecule has 0 aliphatic heterocycles. The molecule has 0 bridgehead atoms. The molecule has 2 aromatic heterocycles. The van der Waals surface area contributed by atoms with Gasteiger partial charge in [-0.3, -0.25) is 4.79 Å². The van der Waals surface area contributed by atoms with Gasteiger partial charge in [0.15, 0.2) is 5.76 Å². The Balaban J connectivity index is 2.27. The second kappa shape index (κ2) is 4.33. The van der Waals surface area contributed by atoms with Crippen LogP contribution in [0.1, 0.15) is 31.9 Å². The van der Waals surface area contributed by atoms with E-state index in [1.54, 1.807) is 6.20 Å². The minimum absolute atomic E-state index is 0.0249. The average Bonchev–Trinajstić information content (AvgIpc) is 2.83. The van der Waals surface area contributed by atoms with Crippen molar-refractivity contribution in [2.24, 2.45) is 0 Å². The van der Waals surface area contributed by atoms with E-state index >= 15 is 0 Å². The summed E-state index contributed by atoms with van der Waals surface area (Å²) >= 11 is 0. The predicted molar refractivity (Wildman–Crippen MR) is 66.3 cm³/mol. The van der Waals surface area contributed by atoms with Gasteiger partial charge in [-0.05, 0) is 19.1 Å². The fourth-order valence-corrected chi connectivity index (χ4v) is 1.83. The first-order valence-corrected chi connectivity index (χ1v) is 5.72. The van der Waals surface area contributed by atoms with Crippen LogP contribution in [0.4, 0.5) is 0 Å². The molecular weight excluding hydrogens is 232 g/mol. The first kappa shape index (κ1) is 12.4. The first-order chi connectivity index (χ1) is 8.38. The van der Waals surface area contributed by atoms with Crippen molar-refractivity contribution in [2.45, 2.75) is 32.6 Å². The summed E-state index contributed by atoms with van der Waals surface area (Å²) < 4.78 is 5.49. The summed E-state index contributed by atoms with van der Waals surface area (Å²) in [5, 5.41) is 8.88. The number of aromatic nitrogens is 2. The highest BCUT2D eigenvalue weighted by molar-refractivity contribution is 5.68. The lowest BCUT2D eigenvalue weighted by Gasteiger charge is -2.19. The van der Waals surface area contributed by atoms with Crippen LogP contribution < -0.4 is 0 Å². The SMILES string of the molecule is Cc1ccc(-c2cnc(C(C)(C)CC(=O)O)[nH]2)o1. The molecule has 0 atom stereocenters. The lowest BCUT2D eigenvalue weighted by molar-refractivity contribution is -0.138. The summed E-state index contributed by atoms with van der Waals surface area (Å²) in [5.41, 5.74) is 0.225. The monoisotopic (exact) mass is 248 g/mol. The first-order valence-electron chi connectivity index (χ1n) is 5.72. The zero-order valence-electron chi connectivity index (χ0n) is 10.7. The van der Waals surface area contributed by atoms with Crippen molar-refractivity contribution in [1.29, 1.82) is 0 Å². The minimum atomic E-state index is -0.841. The summed E-state index contributed by atoms with van der Waals surface area (Å²) in [7, 11) is 0. The Hall–Kier alpha value is -2.04. The topological polar surface area (TPSA) is 79.1 Å². The number of nitrogens with one attached hydrogen (secondary N) is 1. The van der Waals surface area contributed by atoms with E-state index in [9.17, 15) is 4.79 Å². The van der Waals surface area contributed by atoms with Crippen LogP contribution in [-0.4, -0.2) is 21.0 Å². The summed E-state index contributed by atoms with van der Waals surface area (Å²) in [4.78, 5) is 18.2. The predicted octanol–water partition coefficient (Wildman–Crippen LogP) is 2.73. The number of carboxylic acid groups (broad SMARTS) is 1. The normalized spacial score (nSPS) is 11.7. The van der Waals surface area contributed by atoms with Gasteiger partial charge in [0.2, 0.25) is 0 Å². The fourth-order valence-electron chi connectivity index (χ4n) is 1.83. The van der Waals surface area contributed by atoms with Crippen molar-refractivity contribution in [3.63, 3.8) is 0 Å². The van der Waals surface area contributed by atoms with Gasteiger partial charge in [-0.15, -0.1) is 0 Å². The van der Waals surface area contributed by atoms with Gasteiger partial charge in [0.25, 0.3) is 0 Å². The van der Waals surface area contributed by atoms with E-state index in [4.69, 9.17) is 9.52 Å². The number of imidazole rings is 1. The molecule has 5 heteroatoms. The highest BCUT2D eigenvalue weighted by atomic mass is 16.4. The largest absolute Gasteiger partial charge is 0.481 e. The third-order valence-corrected chi connectivity index (χ3v) is 2.82. The summed E-state index contributed by atoms with van der Waals surface area (Å²) in [6.45, 7) is 5.56. The number of aryl methyl sites for hydroxylation is 1. The second-order valence-electron chi connectivity index (χ2n) is 5.01. The van der Waals surface area contributed by atoms with Crippen molar-refractivity contribution in [3.8, 4) is 11.5 Å². The van der Waals surface area contributed by atoms with Gasteiger partial charge in [0.1, 0.15) is 17.3 Å². The molecule has 2 rings (SSSR count). The molecule has 0 unspecified atom stereocenters. The van der Waals surface area contributed by atoms with Crippen LogP contribution in [0.2, 0.25) is 0 Å². The molecule has 96 valence electrons. The minimum Gasteiger partial charge on any atom is -0.481 e. The molecular formula is C13H16N2O3. The van der Waals surface area contributed by atoms with Crippen LogP contribution in [-0.2, 0) is 10.2 Å². The maximum absolute atomic E-state index is 10.8. The van der Waals surface area contributed by atoms with Crippen molar-refractivity contribution in [3.05, 3.63) is 29.9 Å². The number of aromatic amines is 1. The Morgan fingerprint density at radius 2 is 2.22 bits per heavy atom. The Morgan fingerprint density at radius 3 is 2.78 bits per heavy atom. The van der Waals surface area contributed by atoms with E-state index in [0.29, 0.717) is 11.6 Å². The summed E-state index contributed by atoms with van der Waals surface area (Å²) in [6, 6.07) is 3.73. The zero-order chi connectivity index (χ0) is 13.3. The molecule has 5 nitrogen and oxygen atoms in total. The molecule has 0 saturated heterocycles. The number of carboxylic acids is 1. The number of carbonyl (C=O) groups is 1. The number of rotatable bonds is 4. The number of hydrogen-bond donors (Lipinski definition) is 2. The Bertz CT molecular complexity index is 566. The van der Waals surface area contributed by atoms with E-state index < -0.39 is 11.4 Å². The molecule has 0 aliphatic carbocycles. The van der Waals surface area contributed by atoms with Gasteiger partial charge in [0.05, 0.1) is 12.6 Å². The molecule has 0 spiro atoms. The Labute approximate surface area is 105 Å². The van der Waals surface area contributed by atoms with Crippen LogP contribution in [0.5, 0.6) is 0 Å². The third kappa shape index (κ3) is 2.45. The summed E-state index contributed by atoms with van der Waals surface area (Å²) in [5.74, 6) is 1.34. The van der Waals surface area contributed by atoms with Crippen molar-refractivity contribution in [2.75, 3.05) is 0 Å². The van der Waals surface area contributed by atoms with Crippen LogP contribution in [0.3, 0.4) is 0 Å². The standard InChI is InChI=1S/C13H16N2O3/c1-8-4-5-10(18-8)9-7-14-12(15-9)13(2,3)6-11(16)17/h4-5,7H,6H2,1-3H3,(H,14,15)(H,16,17). The lowest BCUT2D eigenvalue weighted by Crippen LogP contribution is -2.23. The quantitative estimate of drug-likeness (QED) is 0.871. The van der Waals surface area contributed by atoms with E-state index in [1.807, 2.05) is 32.9 Å². The molecule has 0 aliphatic rings. The van der Waals surface area contributed by atoms with Gasteiger partial charge >= 0.3 is 5.97 Å². The molecule has 0 fully saturated rings. The fraction of sp³-hybridized carbons (Fsp3) is 0.385. The highest BCUT2D eigenvalue weighted by Crippen LogP contribution is 2.27. The van der Waals surface area contributed by atoms with Crippen molar-refractivity contribution < 1.29 is 14.3 Å². The molecule has 2 N–H and O–H groups in total. The smallest absolute Gasteiger partial charge is 0.304 e. The molecule has 2 aromatic rings. The number of furan rings is 1. The number of hydrogen-bond acceptors (Lipinski definition) is 3. The van der Waals surface area contributed by atoms with Crippen LogP contribution in [0.15, 0.2) is 22.7 Å². The maximum atomic E-state index is 10.8. The van der Waals surface area contributed by atoms with Crippen LogP contribution in [0, 0.1) is 6.92 Å². The average molecular weight is 248 g/mol. The Kier molecular flexibility index (Phi) is 2.98. The Morgan fingerprint density at radius 1 is 1.50 bits per heavy atom. The van der Waals surface area contributed by atoms with Gasteiger partial charge < -0.3 is 14.5 Å². The lowest BCUT2D eigenvalue weighted by atomic mass is 9.88. The summed E-state index contributed by atoms with van der Waals surface area (Å²) in [6.07, 6.45) is 1.69. The zero-order valence-corrected chi connectivity index (χ0v) is 10.7. The number of aliphatic carboxylic acids is 1. The van der Waals surface area contributed by atoms with Crippen LogP contribution >= 0.6 is 0 Å². The third-order valence-electron chi connectivity index (χ3n) is 2.82. The van der Waals surface area contributed by atoms with E-state index in [0.717, 1.165) is 11.5 Å². The van der Waals surface area contributed by atoms with Gasteiger partial charge in [-0.1, -0.05) is 13.8 Å². The van der Waals surface area contributed by atoms with Gasteiger partial charge in [-0.25, -0.2) is 4.98 Å². The number of H-pyrrole nitrogens is 1. The number of nitrogens with zero attached hydrogens (tertiary/aromatic N) is 1.